The van der Waals surface area contributed by atoms with Crippen molar-refractivity contribution >= 4 is 23.0 Å². The van der Waals surface area contributed by atoms with Gasteiger partial charge in [-0.05, 0) is 62.6 Å². The van der Waals surface area contributed by atoms with E-state index >= 15 is 0 Å². The molecule has 3 rings (SSSR count). The van der Waals surface area contributed by atoms with Gasteiger partial charge < -0.3 is 14.7 Å². The molecule has 0 atom stereocenters. The number of rotatable bonds is 11. The molecule has 0 aliphatic carbocycles. The Labute approximate surface area is 205 Å². The van der Waals surface area contributed by atoms with E-state index in [1.807, 2.05) is 45.3 Å². The Balaban J connectivity index is 1.83. The summed E-state index contributed by atoms with van der Waals surface area (Å²) in [6.45, 7) is 14.9. The second-order valence-corrected chi connectivity index (χ2v) is 9.52. The summed E-state index contributed by atoms with van der Waals surface area (Å²) in [6.07, 6.45) is 3.84. The average molecular weight is 478 g/mol. The van der Waals surface area contributed by atoms with Crippen LogP contribution in [0, 0.1) is 6.57 Å². The smallest absolute Gasteiger partial charge is 0.304 e. The molecule has 6 nitrogen and oxygen atoms in total. The van der Waals surface area contributed by atoms with Crippen molar-refractivity contribution in [2.45, 2.75) is 46.1 Å². The monoisotopic (exact) mass is 477 g/mol. The third-order valence-corrected chi connectivity index (χ3v) is 6.64. The van der Waals surface area contributed by atoms with Crippen molar-refractivity contribution in [3.63, 3.8) is 0 Å². The van der Waals surface area contributed by atoms with Crippen molar-refractivity contribution in [3.8, 4) is 26.8 Å². The van der Waals surface area contributed by atoms with Crippen LogP contribution < -0.4 is 4.74 Å². The van der Waals surface area contributed by atoms with Crippen molar-refractivity contribution in [1.29, 1.82) is 0 Å². The maximum absolute atomic E-state index is 10.8. The van der Waals surface area contributed by atoms with E-state index in [0.29, 0.717) is 18.0 Å². The van der Waals surface area contributed by atoms with Gasteiger partial charge in [0.2, 0.25) is 5.69 Å². The molecule has 0 fully saturated rings. The summed E-state index contributed by atoms with van der Waals surface area (Å²) in [5.41, 5.74) is 5.16. The first-order valence-corrected chi connectivity index (χ1v) is 12.3. The number of carboxylic acids is 1. The molecule has 1 N–H and O–H groups in total. The lowest BCUT2D eigenvalue weighted by molar-refractivity contribution is -0.137. The zero-order valence-corrected chi connectivity index (χ0v) is 21.0. The minimum absolute atomic E-state index is 0.00881. The molecule has 0 aliphatic heterocycles. The van der Waals surface area contributed by atoms with Gasteiger partial charge in [-0.2, -0.15) is 0 Å². The molecule has 0 unspecified atom stereocenters. The summed E-state index contributed by atoms with van der Waals surface area (Å²) in [6, 6.07) is 12.0. The van der Waals surface area contributed by atoms with Crippen LogP contribution in [-0.2, 0) is 17.6 Å². The molecular weight excluding hydrogens is 446 g/mol. The predicted molar refractivity (Wildman–Crippen MR) is 138 cm³/mol. The second kappa shape index (κ2) is 11.8. The number of likely N-dealkylation sites (N-methyl/N-ethyl adjacent to an activating group) is 1. The summed E-state index contributed by atoms with van der Waals surface area (Å²) in [5, 5.41) is 9.77. The Morgan fingerprint density at radius 2 is 2.06 bits per heavy atom. The highest BCUT2D eigenvalue weighted by atomic mass is 32.1. The van der Waals surface area contributed by atoms with Crippen LogP contribution >= 0.6 is 11.3 Å². The molecule has 178 valence electrons. The number of thiazole rings is 1. The maximum Gasteiger partial charge on any atom is 0.304 e. The van der Waals surface area contributed by atoms with Gasteiger partial charge in [0, 0.05) is 24.8 Å². The average Bonchev–Trinajstić information content (AvgIpc) is 3.31. The summed E-state index contributed by atoms with van der Waals surface area (Å²) >= 11 is 1.62. The first-order valence-electron chi connectivity index (χ1n) is 11.5. The first-order chi connectivity index (χ1) is 16.3. The molecule has 1 aromatic heterocycles. The SMILES string of the molecule is [C-]#[N+]c1cc(-c2ncc(-c3cccc(CCN(C)CCC(=O)O)c3CC)s2)ccc1OC(C)C. The normalized spacial score (nSPS) is 11.1. The van der Waals surface area contributed by atoms with E-state index in [1.54, 1.807) is 11.3 Å². The summed E-state index contributed by atoms with van der Waals surface area (Å²) in [4.78, 5) is 22.3. The minimum Gasteiger partial charge on any atom is -0.502 e. The lowest BCUT2D eigenvalue weighted by atomic mass is 9.96. The molecule has 7 heteroatoms. The van der Waals surface area contributed by atoms with Gasteiger partial charge in [-0.15, -0.1) is 11.3 Å². The Kier molecular flexibility index (Phi) is 8.80. The quantitative estimate of drug-likeness (QED) is 0.327. The van der Waals surface area contributed by atoms with Gasteiger partial charge in [-0.1, -0.05) is 31.2 Å². The number of aromatic nitrogens is 1. The van der Waals surface area contributed by atoms with E-state index in [4.69, 9.17) is 16.4 Å². The number of nitrogens with zero attached hydrogens (tertiary/aromatic N) is 3. The van der Waals surface area contributed by atoms with Gasteiger partial charge in [-0.3, -0.25) is 4.79 Å². The Morgan fingerprint density at radius 1 is 1.26 bits per heavy atom. The molecule has 0 spiro atoms. The molecule has 3 aromatic rings. The van der Waals surface area contributed by atoms with Crippen LogP contribution in [0.1, 0.15) is 38.3 Å². The maximum atomic E-state index is 10.8. The van der Waals surface area contributed by atoms with Crippen molar-refractivity contribution in [2.75, 3.05) is 20.1 Å². The number of carbonyl (C=O) groups is 1. The number of hydrogen-bond donors (Lipinski definition) is 1. The number of hydrogen-bond acceptors (Lipinski definition) is 5. The van der Waals surface area contributed by atoms with Crippen molar-refractivity contribution < 1.29 is 14.6 Å². The van der Waals surface area contributed by atoms with E-state index in [-0.39, 0.29) is 12.5 Å². The standard InChI is InChI=1S/C27H31N3O3S/c1-6-21-19(12-14-30(5)15-13-26(31)32)8-7-9-22(21)25-17-29-27(34-25)20-10-11-24(33-18(2)3)23(16-20)28-4/h7-11,16-18H,6,12-15H2,1-3,5H3,(H,31,32). The molecule has 0 amide bonds. The third-order valence-electron chi connectivity index (χ3n) is 5.56. The van der Waals surface area contributed by atoms with Crippen LogP contribution in [0.15, 0.2) is 42.6 Å². The number of ether oxygens (including phenoxy) is 1. The Morgan fingerprint density at radius 3 is 2.74 bits per heavy atom. The van der Waals surface area contributed by atoms with Crippen LogP contribution in [0.4, 0.5) is 5.69 Å². The third kappa shape index (κ3) is 6.43. The summed E-state index contributed by atoms with van der Waals surface area (Å²) in [5.74, 6) is -0.172. The number of aliphatic carboxylic acids is 1. The summed E-state index contributed by atoms with van der Waals surface area (Å²) < 4.78 is 5.75. The highest BCUT2D eigenvalue weighted by Crippen LogP contribution is 2.38. The first kappa shape index (κ1) is 25.4. The molecule has 0 aliphatic rings. The van der Waals surface area contributed by atoms with E-state index in [9.17, 15) is 4.79 Å². The van der Waals surface area contributed by atoms with Gasteiger partial charge in [0.25, 0.3) is 0 Å². The van der Waals surface area contributed by atoms with E-state index in [0.717, 1.165) is 34.8 Å². The van der Waals surface area contributed by atoms with Gasteiger partial charge >= 0.3 is 5.97 Å². The highest BCUT2D eigenvalue weighted by Gasteiger charge is 2.15. The molecule has 0 radical (unpaired) electrons. The molecule has 2 aromatic carbocycles. The lowest BCUT2D eigenvalue weighted by Gasteiger charge is -2.18. The number of carboxylic acid groups (broad SMARTS) is 1. The van der Waals surface area contributed by atoms with Crippen LogP contribution in [-0.4, -0.2) is 47.2 Å². The molecule has 0 bridgehead atoms. The lowest BCUT2D eigenvalue weighted by Crippen LogP contribution is -2.24. The van der Waals surface area contributed by atoms with Crippen molar-refractivity contribution in [2.24, 2.45) is 0 Å². The van der Waals surface area contributed by atoms with Crippen LogP contribution in [0.2, 0.25) is 0 Å². The van der Waals surface area contributed by atoms with Gasteiger partial charge in [0.05, 0.1) is 24.0 Å². The van der Waals surface area contributed by atoms with Gasteiger partial charge in [0.1, 0.15) is 10.8 Å². The van der Waals surface area contributed by atoms with Gasteiger partial charge in [0.15, 0.2) is 0 Å². The van der Waals surface area contributed by atoms with Crippen LogP contribution in [0.3, 0.4) is 0 Å². The summed E-state index contributed by atoms with van der Waals surface area (Å²) in [7, 11) is 1.96. The predicted octanol–water partition coefficient (Wildman–Crippen LogP) is 6.33. The van der Waals surface area contributed by atoms with E-state index in [2.05, 4.69) is 39.9 Å². The number of benzene rings is 2. The van der Waals surface area contributed by atoms with Crippen LogP contribution in [0.25, 0.3) is 25.9 Å². The van der Waals surface area contributed by atoms with E-state index in [1.165, 1.54) is 16.7 Å². The molecule has 0 saturated heterocycles. The van der Waals surface area contributed by atoms with Crippen LogP contribution in [0.5, 0.6) is 5.75 Å². The molecule has 1 heterocycles. The molecule has 34 heavy (non-hydrogen) atoms. The minimum atomic E-state index is -0.769. The molecule has 0 saturated carbocycles. The zero-order valence-electron chi connectivity index (χ0n) is 20.2. The Hall–Kier alpha value is -3.21. The van der Waals surface area contributed by atoms with Crippen molar-refractivity contribution in [1.82, 2.24) is 9.88 Å². The van der Waals surface area contributed by atoms with Gasteiger partial charge in [-0.25, -0.2) is 9.83 Å². The van der Waals surface area contributed by atoms with Crippen molar-refractivity contribution in [3.05, 3.63) is 65.1 Å². The topological polar surface area (TPSA) is 67.0 Å². The highest BCUT2D eigenvalue weighted by molar-refractivity contribution is 7.18. The largest absolute Gasteiger partial charge is 0.502 e. The van der Waals surface area contributed by atoms with E-state index < -0.39 is 5.97 Å². The fourth-order valence-electron chi connectivity index (χ4n) is 3.85. The Bertz CT molecular complexity index is 1180. The second-order valence-electron chi connectivity index (χ2n) is 8.48. The molecular formula is C27H31N3O3S. The fraction of sp³-hybridized carbons (Fsp3) is 0.370. The zero-order chi connectivity index (χ0) is 24.7. The fourth-order valence-corrected chi connectivity index (χ4v) is 4.82.